The van der Waals surface area contributed by atoms with Gasteiger partial charge in [-0.3, -0.25) is 10.1 Å². The number of amides is 1. The molecule has 33 heavy (non-hydrogen) atoms. The van der Waals surface area contributed by atoms with Crippen molar-refractivity contribution in [1.82, 2.24) is 9.29 Å². The van der Waals surface area contributed by atoms with Crippen LogP contribution in [-0.4, -0.2) is 43.5 Å². The maximum Gasteiger partial charge on any atom is 0.257 e. The second-order valence-corrected chi connectivity index (χ2v) is 10.7. The Kier molecular flexibility index (Phi) is 6.05. The lowest BCUT2D eigenvalue weighted by atomic mass is 10.1. The molecule has 10 heteroatoms. The van der Waals surface area contributed by atoms with Crippen LogP contribution in [0.1, 0.15) is 36.0 Å². The van der Waals surface area contributed by atoms with Gasteiger partial charge in [-0.15, -0.1) is 11.3 Å². The first-order chi connectivity index (χ1) is 16.0. The van der Waals surface area contributed by atoms with Crippen LogP contribution in [0.15, 0.2) is 52.7 Å². The molecule has 1 aromatic heterocycles. The van der Waals surface area contributed by atoms with Gasteiger partial charge in [0.15, 0.2) is 16.6 Å². The lowest BCUT2D eigenvalue weighted by molar-refractivity contribution is 0.102. The molecule has 0 aliphatic carbocycles. The zero-order valence-corrected chi connectivity index (χ0v) is 19.5. The Balaban J connectivity index is 1.27. The van der Waals surface area contributed by atoms with E-state index in [0.717, 1.165) is 31.2 Å². The molecule has 0 atom stereocenters. The average molecular weight is 486 g/mol. The third kappa shape index (κ3) is 4.59. The van der Waals surface area contributed by atoms with E-state index in [-0.39, 0.29) is 17.6 Å². The van der Waals surface area contributed by atoms with Gasteiger partial charge in [0.05, 0.1) is 10.6 Å². The largest absolute Gasteiger partial charge is 0.454 e. The van der Waals surface area contributed by atoms with Crippen molar-refractivity contribution in [3.8, 4) is 22.8 Å². The number of rotatable bonds is 5. The lowest BCUT2D eigenvalue weighted by Gasteiger charge is -2.20. The summed E-state index contributed by atoms with van der Waals surface area (Å²) in [6.45, 7) is 1.29. The van der Waals surface area contributed by atoms with Gasteiger partial charge in [-0.1, -0.05) is 12.8 Å². The van der Waals surface area contributed by atoms with Crippen molar-refractivity contribution in [3.63, 3.8) is 0 Å². The molecule has 1 amide bonds. The Morgan fingerprint density at radius 3 is 2.45 bits per heavy atom. The number of nitrogens with zero attached hydrogens (tertiary/aromatic N) is 2. The summed E-state index contributed by atoms with van der Waals surface area (Å²) in [7, 11) is -3.55. The average Bonchev–Trinajstić information content (AvgIpc) is 3.40. The first kappa shape index (κ1) is 21.9. The minimum Gasteiger partial charge on any atom is -0.454 e. The van der Waals surface area contributed by atoms with Crippen LogP contribution in [0, 0.1) is 0 Å². The highest BCUT2D eigenvalue weighted by Crippen LogP contribution is 2.36. The number of ether oxygens (including phenoxy) is 2. The maximum atomic E-state index is 12.9. The molecule has 0 spiro atoms. The molecule has 3 aromatic rings. The number of nitrogens with one attached hydrogen (secondary N) is 1. The summed E-state index contributed by atoms with van der Waals surface area (Å²) < 4.78 is 38.1. The van der Waals surface area contributed by atoms with Gasteiger partial charge in [-0.05, 0) is 55.3 Å². The fraction of sp³-hybridized carbons (Fsp3) is 0.304. The first-order valence-corrected chi connectivity index (χ1v) is 13.1. The number of carbonyl (C=O) groups excluding carboxylic acids is 1. The minimum absolute atomic E-state index is 0.204. The molecule has 0 unspecified atom stereocenters. The van der Waals surface area contributed by atoms with E-state index in [0.29, 0.717) is 41.0 Å². The number of thiazole rings is 1. The second-order valence-electron chi connectivity index (χ2n) is 7.90. The van der Waals surface area contributed by atoms with Crippen LogP contribution in [0.3, 0.4) is 0 Å². The van der Waals surface area contributed by atoms with Crippen LogP contribution in [0.25, 0.3) is 11.3 Å². The van der Waals surface area contributed by atoms with E-state index in [2.05, 4.69) is 10.3 Å². The third-order valence-electron chi connectivity index (χ3n) is 5.71. The van der Waals surface area contributed by atoms with Crippen molar-refractivity contribution in [2.45, 2.75) is 30.6 Å². The quantitative estimate of drug-likeness (QED) is 0.577. The highest BCUT2D eigenvalue weighted by Gasteiger charge is 2.25. The van der Waals surface area contributed by atoms with E-state index >= 15 is 0 Å². The normalized spacial score (nSPS) is 16.4. The number of benzene rings is 2. The molecule has 1 N–H and O–H groups in total. The molecule has 0 bridgehead atoms. The van der Waals surface area contributed by atoms with Crippen molar-refractivity contribution in [2.75, 3.05) is 25.2 Å². The number of carbonyl (C=O) groups is 1. The van der Waals surface area contributed by atoms with Gasteiger partial charge >= 0.3 is 0 Å². The molecular weight excluding hydrogens is 462 g/mol. The Hall–Kier alpha value is -2.95. The van der Waals surface area contributed by atoms with Gasteiger partial charge in [0, 0.05) is 29.6 Å². The van der Waals surface area contributed by atoms with E-state index in [1.165, 1.54) is 35.6 Å². The molecule has 2 aliphatic heterocycles. The van der Waals surface area contributed by atoms with Crippen LogP contribution >= 0.6 is 11.3 Å². The second kappa shape index (κ2) is 9.12. The van der Waals surface area contributed by atoms with Gasteiger partial charge < -0.3 is 9.47 Å². The summed E-state index contributed by atoms with van der Waals surface area (Å²) in [5, 5.41) is 5.09. The van der Waals surface area contributed by atoms with Gasteiger partial charge in [0.25, 0.3) is 5.91 Å². The van der Waals surface area contributed by atoms with Crippen LogP contribution in [0.4, 0.5) is 5.13 Å². The van der Waals surface area contributed by atoms with Crippen LogP contribution < -0.4 is 14.8 Å². The summed E-state index contributed by atoms with van der Waals surface area (Å²) in [5.41, 5.74) is 1.94. The molecule has 0 radical (unpaired) electrons. The molecule has 1 fully saturated rings. The predicted molar refractivity (Wildman–Crippen MR) is 125 cm³/mol. The topological polar surface area (TPSA) is 97.8 Å². The van der Waals surface area contributed by atoms with Gasteiger partial charge in [0.1, 0.15) is 0 Å². The highest BCUT2D eigenvalue weighted by atomic mass is 32.2. The molecule has 172 valence electrons. The minimum atomic E-state index is -3.55. The fourth-order valence-corrected chi connectivity index (χ4v) is 6.13. The van der Waals surface area contributed by atoms with E-state index < -0.39 is 10.0 Å². The van der Waals surface area contributed by atoms with Crippen molar-refractivity contribution in [3.05, 3.63) is 53.4 Å². The standard InChI is InChI=1S/C23H23N3O5S2/c27-22(16-5-8-18(9-6-16)33(28,29)26-11-3-1-2-4-12-26)25-23-24-19(14-32-23)17-7-10-20-21(13-17)31-15-30-20/h5-10,13-14H,1-4,11-12,15H2,(H,24,25,27). The van der Waals surface area contributed by atoms with E-state index in [1.807, 2.05) is 23.6 Å². The van der Waals surface area contributed by atoms with Crippen molar-refractivity contribution in [2.24, 2.45) is 0 Å². The monoisotopic (exact) mass is 485 g/mol. The lowest BCUT2D eigenvalue weighted by Crippen LogP contribution is -2.31. The summed E-state index contributed by atoms with van der Waals surface area (Å²) in [6, 6.07) is 11.6. The molecule has 8 nitrogen and oxygen atoms in total. The molecule has 5 rings (SSSR count). The number of fused-ring (bicyclic) bond motifs is 1. The maximum absolute atomic E-state index is 12.9. The van der Waals surface area contributed by atoms with Crippen molar-refractivity contribution < 1.29 is 22.7 Å². The van der Waals surface area contributed by atoms with Gasteiger partial charge in [0.2, 0.25) is 16.8 Å². The summed E-state index contributed by atoms with van der Waals surface area (Å²) in [5.74, 6) is 1.02. The fourth-order valence-electron chi connectivity index (χ4n) is 3.90. The smallest absolute Gasteiger partial charge is 0.257 e. The van der Waals surface area contributed by atoms with Gasteiger partial charge in [-0.25, -0.2) is 13.4 Å². The van der Waals surface area contributed by atoms with E-state index in [4.69, 9.17) is 9.47 Å². The number of sulfonamides is 1. The first-order valence-electron chi connectivity index (χ1n) is 10.8. The molecule has 2 aromatic carbocycles. The van der Waals surface area contributed by atoms with E-state index in [9.17, 15) is 13.2 Å². The summed E-state index contributed by atoms with van der Waals surface area (Å²) in [4.78, 5) is 17.4. The Morgan fingerprint density at radius 1 is 0.970 bits per heavy atom. The SMILES string of the molecule is O=C(Nc1nc(-c2ccc3c(c2)OCO3)cs1)c1ccc(S(=O)(=O)N2CCCCCC2)cc1. The number of hydrogen-bond donors (Lipinski definition) is 1. The van der Waals surface area contributed by atoms with Crippen molar-refractivity contribution >= 4 is 32.4 Å². The zero-order chi connectivity index (χ0) is 22.8. The molecule has 0 saturated carbocycles. The number of anilines is 1. The van der Waals surface area contributed by atoms with Crippen LogP contribution in [-0.2, 0) is 10.0 Å². The van der Waals surface area contributed by atoms with E-state index in [1.54, 1.807) is 4.31 Å². The molecular formula is C23H23N3O5S2. The Labute approximate surface area is 196 Å². The predicted octanol–water partition coefficient (Wildman–Crippen LogP) is 4.36. The van der Waals surface area contributed by atoms with Crippen LogP contribution in [0.5, 0.6) is 11.5 Å². The van der Waals surface area contributed by atoms with Crippen molar-refractivity contribution in [1.29, 1.82) is 0 Å². The summed E-state index contributed by atoms with van der Waals surface area (Å²) >= 11 is 1.31. The third-order valence-corrected chi connectivity index (χ3v) is 8.38. The molecule has 2 aliphatic rings. The zero-order valence-electron chi connectivity index (χ0n) is 17.8. The van der Waals surface area contributed by atoms with Crippen LogP contribution in [0.2, 0.25) is 0 Å². The molecule has 1 saturated heterocycles. The van der Waals surface area contributed by atoms with Gasteiger partial charge in [-0.2, -0.15) is 4.31 Å². The Bertz CT molecular complexity index is 1260. The number of hydrogen-bond acceptors (Lipinski definition) is 7. The highest BCUT2D eigenvalue weighted by molar-refractivity contribution is 7.89. The number of aromatic nitrogens is 1. The summed E-state index contributed by atoms with van der Waals surface area (Å²) in [6.07, 6.45) is 3.86. The Morgan fingerprint density at radius 2 is 1.70 bits per heavy atom. The molecule has 3 heterocycles.